The first-order valence-corrected chi connectivity index (χ1v) is 3.82. The van der Waals surface area contributed by atoms with Gasteiger partial charge < -0.3 is 5.32 Å². The fourth-order valence-corrected chi connectivity index (χ4v) is 0.936. The third-order valence-electron chi connectivity index (χ3n) is 1.53. The van der Waals surface area contributed by atoms with Crippen LogP contribution in [-0.4, -0.2) is 14.3 Å². The molecule has 1 N–H and O–H groups in total. The molecule has 0 saturated carbocycles. The molecule has 0 fully saturated rings. The molecule has 0 unspecified atom stereocenters. The number of hydrogen-bond donors (Lipinski definition) is 1. The van der Waals surface area contributed by atoms with E-state index in [-0.39, 0.29) is 32.7 Å². The van der Waals surface area contributed by atoms with E-state index in [1.165, 1.54) is 5.56 Å². The number of rotatable bonds is 3. The van der Waals surface area contributed by atoms with Crippen LogP contribution in [0.5, 0.6) is 0 Å². The van der Waals surface area contributed by atoms with E-state index in [1.807, 2.05) is 12.1 Å². The zero-order chi connectivity index (χ0) is 8.10. The van der Waals surface area contributed by atoms with Crippen molar-refractivity contribution in [3.8, 4) is 0 Å². The molecular formula is C9H11BNY-. The molecular weight excluding hydrogens is 222 g/mol. The van der Waals surface area contributed by atoms with Gasteiger partial charge in [0.05, 0.1) is 7.85 Å². The van der Waals surface area contributed by atoms with Gasteiger partial charge in [0.2, 0.25) is 0 Å². The molecule has 3 radical (unpaired) electrons. The monoisotopic (exact) mass is 233 g/mol. The molecule has 0 saturated heterocycles. The van der Waals surface area contributed by atoms with Crippen LogP contribution in [0.4, 0.5) is 5.69 Å². The first kappa shape index (κ1) is 12.2. The second kappa shape index (κ2) is 6.68. The average molecular weight is 233 g/mol. The van der Waals surface area contributed by atoms with Crippen molar-refractivity contribution in [2.75, 3.05) is 11.8 Å². The van der Waals surface area contributed by atoms with Crippen molar-refractivity contribution in [1.29, 1.82) is 0 Å². The van der Waals surface area contributed by atoms with Crippen molar-refractivity contribution >= 4 is 13.5 Å². The van der Waals surface area contributed by atoms with E-state index in [9.17, 15) is 0 Å². The molecule has 0 aliphatic heterocycles. The average Bonchev–Trinajstić information content (AvgIpc) is 2.06. The van der Waals surface area contributed by atoms with Crippen LogP contribution in [-0.2, 0) is 39.1 Å². The number of anilines is 1. The Hall–Kier alpha value is 0.189. The maximum atomic E-state index is 5.32. The van der Waals surface area contributed by atoms with E-state index in [0.29, 0.717) is 6.44 Å². The first-order valence-electron chi connectivity index (χ1n) is 3.82. The molecule has 0 atom stereocenters. The molecule has 1 nitrogen and oxygen atoms in total. The minimum absolute atomic E-state index is 0. The van der Waals surface area contributed by atoms with Gasteiger partial charge in [0, 0.05) is 32.7 Å². The Morgan fingerprint density at radius 3 is 2.83 bits per heavy atom. The molecule has 0 heterocycles. The first-order chi connectivity index (χ1) is 5.36. The third kappa shape index (κ3) is 3.73. The Bertz CT molecular complexity index is 228. The van der Waals surface area contributed by atoms with Gasteiger partial charge in [-0.2, -0.15) is 23.8 Å². The van der Waals surface area contributed by atoms with Crippen molar-refractivity contribution in [3.05, 3.63) is 29.8 Å². The maximum Gasteiger partial charge on any atom is 0.0938 e. The standard InChI is InChI=1S/C9H11BN.Y/c1-2-8-4-3-5-9(6-8)11-7-10;/h3-5,11H,2,7H2,1H3;/q-1;. The Morgan fingerprint density at radius 2 is 2.25 bits per heavy atom. The van der Waals surface area contributed by atoms with Crippen LogP contribution >= 0.6 is 0 Å². The van der Waals surface area contributed by atoms with E-state index in [1.54, 1.807) is 0 Å². The minimum atomic E-state index is 0. The van der Waals surface area contributed by atoms with Gasteiger partial charge in [0.25, 0.3) is 0 Å². The summed E-state index contributed by atoms with van der Waals surface area (Å²) in [6, 6.07) is 9.23. The Kier molecular flexibility index (Phi) is 6.78. The second-order valence-corrected chi connectivity index (χ2v) is 2.32. The zero-order valence-corrected chi connectivity index (χ0v) is 10.1. The number of hydrogen-bond acceptors (Lipinski definition) is 1. The van der Waals surface area contributed by atoms with E-state index in [4.69, 9.17) is 7.85 Å². The second-order valence-electron chi connectivity index (χ2n) is 2.32. The predicted molar refractivity (Wildman–Crippen MR) is 48.9 cm³/mol. The maximum absolute atomic E-state index is 5.32. The van der Waals surface area contributed by atoms with Gasteiger partial charge in [-0.1, -0.05) is 19.0 Å². The summed E-state index contributed by atoms with van der Waals surface area (Å²) >= 11 is 0. The number of benzene rings is 1. The molecule has 0 amide bonds. The summed E-state index contributed by atoms with van der Waals surface area (Å²) in [5.74, 6) is 0. The molecule has 1 aromatic rings. The molecule has 3 heteroatoms. The molecule has 0 aromatic heterocycles. The van der Waals surface area contributed by atoms with Crippen LogP contribution in [0.1, 0.15) is 12.5 Å². The number of nitrogens with one attached hydrogen (secondary N) is 1. The Morgan fingerprint density at radius 1 is 1.50 bits per heavy atom. The minimum Gasteiger partial charge on any atom is -0.416 e. The summed E-state index contributed by atoms with van der Waals surface area (Å²) < 4.78 is 0. The number of aryl methyl sites for hydroxylation is 1. The fraction of sp³-hybridized carbons (Fsp3) is 0.333. The normalized spacial score (nSPS) is 8.75. The Balaban J connectivity index is 0.00000121. The van der Waals surface area contributed by atoms with Gasteiger partial charge >= 0.3 is 0 Å². The van der Waals surface area contributed by atoms with E-state index in [0.717, 1.165) is 12.1 Å². The van der Waals surface area contributed by atoms with E-state index >= 15 is 0 Å². The molecule has 1 rings (SSSR count). The van der Waals surface area contributed by atoms with E-state index in [2.05, 4.69) is 24.4 Å². The van der Waals surface area contributed by atoms with E-state index < -0.39 is 0 Å². The van der Waals surface area contributed by atoms with Gasteiger partial charge in [-0.15, -0.1) is 6.07 Å². The van der Waals surface area contributed by atoms with Crippen LogP contribution in [0, 0.1) is 6.07 Å². The SMILES string of the molecule is [B]CNc1[c-]c(CC)ccc1.[Y]. The molecule has 0 aliphatic carbocycles. The summed E-state index contributed by atoms with van der Waals surface area (Å²) in [5.41, 5.74) is 2.19. The zero-order valence-electron chi connectivity index (χ0n) is 7.30. The van der Waals surface area contributed by atoms with Crippen LogP contribution in [0.15, 0.2) is 18.2 Å². The van der Waals surface area contributed by atoms with Crippen LogP contribution in [0.25, 0.3) is 0 Å². The van der Waals surface area contributed by atoms with Gasteiger partial charge in [-0.05, 0) is 6.44 Å². The van der Waals surface area contributed by atoms with Gasteiger partial charge in [-0.3, -0.25) is 0 Å². The summed E-state index contributed by atoms with van der Waals surface area (Å²) in [5, 5.41) is 3.00. The quantitative estimate of drug-likeness (QED) is 0.617. The van der Waals surface area contributed by atoms with Crippen molar-refractivity contribution in [2.45, 2.75) is 13.3 Å². The summed E-state index contributed by atoms with van der Waals surface area (Å²) in [6.45, 7) is 2.11. The third-order valence-corrected chi connectivity index (χ3v) is 1.53. The Labute approximate surface area is 101 Å². The van der Waals surface area contributed by atoms with Crippen LogP contribution < -0.4 is 5.32 Å². The topological polar surface area (TPSA) is 12.0 Å². The largest absolute Gasteiger partial charge is 0.416 e. The van der Waals surface area contributed by atoms with Gasteiger partial charge in [-0.25, -0.2) is 0 Å². The van der Waals surface area contributed by atoms with Crippen molar-refractivity contribution in [1.82, 2.24) is 0 Å². The molecule has 0 spiro atoms. The van der Waals surface area contributed by atoms with Crippen molar-refractivity contribution in [2.24, 2.45) is 0 Å². The predicted octanol–water partition coefficient (Wildman–Crippen LogP) is 1.58. The van der Waals surface area contributed by atoms with Crippen molar-refractivity contribution < 1.29 is 32.7 Å². The smallest absolute Gasteiger partial charge is 0.0938 e. The fourth-order valence-electron chi connectivity index (χ4n) is 0.936. The van der Waals surface area contributed by atoms with Crippen molar-refractivity contribution in [3.63, 3.8) is 0 Å². The summed E-state index contributed by atoms with van der Waals surface area (Å²) in [7, 11) is 5.32. The van der Waals surface area contributed by atoms with Crippen LogP contribution in [0.2, 0.25) is 0 Å². The molecule has 12 heavy (non-hydrogen) atoms. The molecule has 0 bridgehead atoms. The van der Waals surface area contributed by atoms with Crippen LogP contribution in [0.3, 0.4) is 0 Å². The summed E-state index contributed by atoms with van der Waals surface area (Å²) in [6.07, 6.45) is 1.48. The molecule has 1 aromatic carbocycles. The summed E-state index contributed by atoms with van der Waals surface area (Å²) in [4.78, 5) is 0. The molecule has 59 valence electrons. The van der Waals surface area contributed by atoms with Gasteiger partial charge in [0.1, 0.15) is 0 Å². The molecule has 0 aliphatic rings. The van der Waals surface area contributed by atoms with Gasteiger partial charge in [0.15, 0.2) is 0 Å².